The van der Waals surface area contributed by atoms with Crippen molar-refractivity contribution < 1.29 is 14.6 Å². The van der Waals surface area contributed by atoms with Crippen LogP contribution in [0.2, 0.25) is 0 Å². The van der Waals surface area contributed by atoms with Crippen LogP contribution in [0.5, 0.6) is 11.5 Å². The molecule has 0 radical (unpaired) electrons. The first-order valence-electron chi connectivity index (χ1n) is 10.7. The summed E-state index contributed by atoms with van der Waals surface area (Å²) in [6, 6.07) is 31.3. The SMILES string of the molecule is O=C1N(Cc2ccccc2-c2ccccc2)c2ccccc2C12COc1ccc(O)cc12. The van der Waals surface area contributed by atoms with Gasteiger partial charge in [0.2, 0.25) is 5.91 Å². The number of para-hydroxylation sites is 1. The molecule has 1 amide bonds. The van der Waals surface area contributed by atoms with Gasteiger partial charge in [0.05, 0.1) is 6.54 Å². The minimum absolute atomic E-state index is 0.0223. The van der Waals surface area contributed by atoms with Gasteiger partial charge in [0.25, 0.3) is 0 Å². The Morgan fingerprint density at radius 2 is 1.59 bits per heavy atom. The van der Waals surface area contributed by atoms with Gasteiger partial charge in [-0.25, -0.2) is 0 Å². The molecule has 4 nitrogen and oxygen atoms in total. The smallest absolute Gasteiger partial charge is 0.246 e. The van der Waals surface area contributed by atoms with Crippen molar-refractivity contribution >= 4 is 11.6 Å². The molecule has 2 heterocycles. The van der Waals surface area contributed by atoms with Gasteiger partial charge >= 0.3 is 0 Å². The number of benzene rings is 4. The first-order chi connectivity index (χ1) is 15.7. The molecule has 4 heteroatoms. The monoisotopic (exact) mass is 419 g/mol. The first-order valence-corrected chi connectivity index (χ1v) is 10.7. The molecule has 0 fully saturated rings. The summed E-state index contributed by atoms with van der Waals surface area (Å²) in [6.07, 6.45) is 0. The van der Waals surface area contributed by atoms with Gasteiger partial charge < -0.3 is 14.7 Å². The number of aromatic hydroxyl groups is 1. The number of carbonyl (C=O) groups is 1. The standard InChI is InChI=1S/C28H21NO3/c30-21-14-15-26-24(16-21)28(18-32-26)23-12-6-7-13-25(23)29(27(28)31)17-20-10-4-5-11-22(20)19-8-2-1-3-9-19/h1-16,30H,17-18H2. The van der Waals surface area contributed by atoms with Crippen molar-refractivity contribution in [2.45, 2.75) is 12.0 Å². The van der Waals surface area contributed by atoms with Gasteiger partial charge in [0.15, 0.2) is 0 Å². The second kappa shape index (κ2) is 6.99. The fourth-order valence-corrected chi connectivity index (χ4v) is 5.05. The van der Waals surface area contributed by atoms with Crippen molar-refractivity contribution in [2.24, 2.45) is 0 Å². The van der Waals surface area contributed by atoms with Crippen molar-refractivity contribution in [3.63, 3.8) is 0 Å². The molecule has 4 aromatic carbocycles. The molecule has 0 aliphatic carbocycles. The van der Waals surface area contributed by atoms with E-state index in [9.17, 15) is 9.90 Å². The van der Waals surface area contributed by atoms with Crippen LogP contribution in [0.3, 0.4) is 0 Å². The summed E-state index contributed by atoms with van der Waals surface area (Å²) in [6.45, 7) is 0.690. The molecular weight excluding hydrogens is 398 g/mol. The molecule has 0 aromatic heterocycles. The largest absolute Gasteiger partial charge is 0.508 e. The van der Waals surface area contributed by atoms with Crippen LogP contribution in [0.1, 0.15) is 16.7 Å². The molecule has 0 saturated heterocycles. The van der Waals surface area contributed by atoms with Gasteiger partial charge in [-0.1, -0.05) is 72.8 Å². The van der Waals surface area contributed by atoms with E-state index < -0.39 is 5.41 Å². The highest BCUT2D eigenvalue weighted by molar-refractivity contribution is 6.11. The normalized spacial score (nSPS) is 18.5. The lowest BCUT2D eigenvalue weighted by molar-refractivity contribution is -0.122. The number of phenolic OH excluding ortho intramolecular Hbond substituents is 1. The van der Waals surface area contributed by atoms with E-state index in [4.69, 9.17) is 4.74 Å². The number of phenols is 1. The Morgan fingerprint density at radius 3 is 2.47 bits per heavy atom. The maximum atomic E-state index is 14.1. The van der Waals surface area contributed by atoms with E-state index in [0.717, 1.165) is 33.5 Å². The maximum absolute atomic E-state index is 14.1. The number of ether oxygens (including phenoxy) is 1. The first kappa shape index (κ1) is 18.7. The van der Waals surface area contributed by atoms with E-state index in [2.05, 4.69) is 24.3 Å². The van der Waals surface area contributed by atoms with Gasteiger partial charge in [0, 0.05) is 11.3 Å². The molecule has 6 rings (SSSR count). The Balaban J connectivity index is 1.48. The van der Waals surface area contributed by atoms with E-state index in [-0.39, 0.29) is 18.3 Å². The van der Waals surface area contributed by atoms with Gasteiger partial charge in [-0.15, -0.1) is 0 Å². The van der Waals surface area contributed by atoms with Gasteiger partial charge in [-0.2, -0.15) is 0 Å². The number of fused-ring (bicyclic) bond motifs is 4. The number of carbonyl (C=O) groups excluding carboxylic acids is 1. The van der Waals surface area contributed by atoms with Crippen LogP contribution >= 0.6 is 0 Å². The topological polar surface area (TPSA) is 49.8 Å². The van der Waals surface area contributed by atoms with Crippen molar-refractivity contribution in [1.29, 1.82) is 0 Å². The van der Waals surface area contributed by atoms with Crippen LogP contribution in [-0.4, -0.2) is 17.6 Å². The molecule has 0 saturated carbocycles. The fourth-order valence-electron chi connectivity index (χ4n) is 5.05. The predicted molar refractivity (Wildman–Crippen MR) is 124 cm³/mol. The fraction of sp³-hybridized carbons (Fsp3) is 0.107. The van der Waals surface area contributed by atoms with Gasteiger partial charge in [-0.3, -0.25) is 4.79 Å². The lowest BCUT2D eigenvalue weighted by atomic mass is 9.77. The van der Waals surface area contributed by atoms with Crippen molar-refractivity contribution in [1.82, 2.24) is 0 Å². The number of hydrogen-bond acceptors (Lipinski definition) is 3. The maximum Gasteiger partial charge on any atom is 0.246 e. The lowest BCUT2D eigenvalue weighted by Gasteiger charge is -2.24. The molecule has 4 aromatic rings. The number of hydrogen-bond donors (Lipinski definition) is 1. The zero-order chi connectivity index (χ0) is 21.7. The molecule has 0 bridgehead atoms. The van der Waals surface area contributed by atoms with E-state index >= 15 is 0 Å². The van der Waals surface area contributed by atoms with E-state index in [1.807, 2.05) is 59.5 Å². The van der Waals surface area contributed by atoms with Crippen molar-refractivity contribution in [3.05, 3.63) is 114 Å². The second-order valence-corrected chi connectivity index (χ2v) is 8.31. The summed E-state index contributed by atoms with van der Waals surface area (Å²) in [4.78, 5) is 15.9. The quantitative estimate of drug-likeness (QED) is 0.491. The number of anilines is 1. The molecule has 2 aliphatic heterocycles. The van der Waals surface area contributed by atoms with Crippen LogP contribution < -0.4 is 9.64 Å². The third-order valence-electron chi connectivity index (χ3n) is 6.56. The van der Waals surface area contributed by atoms with Crippen LogP contribution in [0.15, 0.2) is 97.1 Å². The summed E-state index contributed by atoms with van der Waals surface area (Å²) in [7, 11) is 0. The number of rotatable bonds is 3. The molecule has 1 unspecified atom stereocenters. The number of amides is 1. The highest BCUT2D eigenvalue weighted by Crippen LogP contribution is 2.53. The molecule has 1 N–H and O–H groups in total. The summed E-state index contributed by atoms with van der Waals surface area (Å²) in [5.74, 6) is 0.759. The molecule has 32 heavy (non-hydrogen) atoms. The second-order valence-electron chi connectivity index (χ2n) is 8.31. The summed E-state index contributed by atoms with van der Waals surface area (Å²) < 4.78 is 5.95. The Kier molecular flexibility index (Phi) is 4.08. The average molecular weight is 419 g/mol. The molecule has 1 atom stereocenters. The van der Waals surface area contributed by atoms with Crippen LogP contribution in [0.4, 0.5) is 5.69 Å². The summed E-state index contributed by atoms with van der Waals surface area (Å²) >= 11 is 0. The summed E-state index contributed by atoms with van der Waals surface area (Å²) in [5.41, 5.74) is 4.92. The Morgan fingerprint density at radius 1 is 0.844 bits per heavy atom. The van der Waals surface area contributed by atoms with Crippen LogP contribution in [0, 0.1) is 0 Å². The zero-order valence-electron chi connectivity index (χ0n) is 17.4. The van der Waals surface area contributed by atoms with E-state index in [1.54, 1.807) is 18.2 Å². The zero-order valence-corrected chi connectivity index (χ0v) is 17.4. The average Bonchev–Trinajstić information content (AvgIpc) is 3.32. The minimum atomic E-state index is -0.938. The lowest BCUT2D eigenvalue weighted by Crippen LogP contribution is -2.42. The third kappa shape index (κ3) is 2.59. The highest BCUT2D eigenvalue weighted by Gasteiger charge is 2.56. The minimum Gasteiger partial charge on any atom is -0.508 e. The highest BCUT2D eigenvalue weighted by atomic mass is 16.5. The van der Waals surface area contributed by atoms with Crippen LogP contribution in [-0.2, 0) is 16.8 Å². The van der Waals surface area contributed by atoms with Gasteiger partial charge in [-0.05, 0) is 46.5 Å². The molecule has 156 valence electrons. The van der Waals surface area contributed by atoms with Crippen LogP contribution in [0.25, 0.3) is 11.1 Å². The summed E-state index contributed by atoms with van der Waals surface area (Å²) in [5, 5.41) is 10.2. The van der Waals surface area contributed by atoms with Crippen molar-refractivity contribution in [2.75, 3.05) is 11.5 Å². The van der Waals surface area contributed by atoms with Crippen molar-refractivity contribution in [3.8, 4) is 22.6 Å². The predicted octanol–water partition coefficient (Wildman–Crippen LogP) is 5.28. The molecule has 2 aliphatic rings. The molecular formula is C28H21NO3. The van der Waals surface area contributed by atoms with E-state index in [0.29, 0.717) is 12.3 Å². The Hall–Kier alpha value is -4.05. The van der Waals surface area contributed by atoms with E-state index in [1.165, 1.54) is 0 Å². The number of nitrogens with zero attached hydrogens (tertiary/aromatic N) is 1. The molecule has 1 spiro atoms. The van der Waals surface area contributed by atoms with Gasteiger partial charge in [0.1, 0.15) is 23.5 Å². The Labute approximate surface area is 186 Å². The third-order valence-corrected chi connectivity index (χ3v) is 6.56. The Bertz CT molecular complexity index is 1350.